The molecule has 45 heavy (non-hydrogen) atoms. The second-order valence-corrected chi connectivity index (χ2v) is 13.1. The molecule has 1 aliphatic carbocycles. The van der Waals surface area contributed by atoms with E-state index in [0.717, 1.165) is 0 Å². The lowest BCUT2D eigenvalue weighted by atomic mass is 9.68. The predicted octanol–water partition coefficient (Wildman–Crippen LogP) is 1.41. The fraction of sp³-hybridized carbons (Fsp3) is 0.516. The number of esters is 2. The molecule has 236 valence electrons. The summed E-state index contributed by atoms with van der Waals surface area (Å²) in [6, 6.07) is -1.07. The molecule has 1 aromatic carbocycles. The zero-order valence-electron chi connectivity index (χ0n) is 25.2. The summed E-state index contributed by atoms with van der Waals surface area (Å²) in [6.45, 7) is 4.25. The number of nitrogens with zero attached hydrogens (tertiary/aromatic N) is 3. The van der Waals surface area contributed by atoms with E-state index in [9.17, 15) is 29.5 Å². The van der Waals surface area contributed by atoms with E-state index in [2.05, 4.69) is 6.07 Å². The molecule has 0 spiro atoms. The van der Waals surface area contributed by atoms with E-state index < -0.39 is 59.3 Å². The van der Waals surface area contributed by atoms with Crippen molar-refractivity contribution in [1.29, 1.82) is 5.26 Å². The molecule has 2 saturated heterocycles. The number of rotatable bonds is 2. The largest absolute Gasteiger partial charge is 0.492 e. The van der Waals surface area contributed by atoms with Gasteiger partial charge in [0, 0.05) is 58.2 Å². The Kier molecular flexibility index (Phi) is 7.01. The number of hydrogen-bond donors (Lipinski definition) is 1. The van der Waals surface area contributed by atoms with E-state index >= 15 is 0 Å². The maximum absolute atomic E-state index is 14.1. The van der Waals surface area contributed by atoms with Crippen LogP contribution in [0, 0.1) is 18.3 Å². The SMILES string of the molecule is COC1=C(C)C(=O)C2=C(C1=O)[C@@H]1C3[C@@H]4SCC(O)C(=O)OC[C@@H](c5c6c(c(C)c(OC(C)=O)c54)OCO6)N3[C@@H](C#N)[C@H](C2)N1C. The number of aliphatic hydroxyl groups is 1. The van der Waals surface area contributed by atoms with Gasteiger partial charge >= 0.3 is 11.9 Å². The molecule has 7 rings (SSSR count). The van der Waals surface area contributed by atoms with Gasteiger partial charge in [-0.05, 0) is 27.3 Å². The van der Waals surface area contributed by atoms with Crippen LogP contribution in [-0.2, 0) is 28.7 Å². The van der Waals surface area contributed by atoms with Crippen LogP contribution in [0.25, 0.3) is 0 Å². The van der Waals surface area contributed by atoms with E-state index in [1.54, 1.807) is 13.8 Å². The van der Waals surface area contributed by atoms with Gasteiger partial charge in [-0.2, -0.15) is 5.26 Å². The van der Waals surface area contributed by atoms with Gasteiger partial charge in [0.15, 0.2) is 29.1 Å². The topological polar surface area (TPSA) is 165 Å². The molecular weight excluding hydrogens is 606 g/mol. The van der Waals surface area contributed by atoms with Crippen LogP contribution in [0.4, 0.5) is 0 Å². The molecule has 0 amide bonds. The number of hydrogen-bond acceptors (Lipinski definition) is 14. The van der Waals surface area contributed by atoms with E-state index in [4.69, 9.17) is 23.7 Å². The first-order valence-corrected chi connectivity index (χ1v) is 15.6. The minimum Gasteiger partial charge on any atom is -0.492 e. The average molecular weight is 638 g/mol. The standard InChI is InChI=1S/C31H31N3O10S/c1-11-24(37)14-6-15-16(7-32)34-17-8-41-31(39)18(36)9-45-30(23(34)22(33(15)4)19(14)25(38)27(11)40-5)21-20(17)29-28(42-10-43-29)12(2)26(21)44-13(3)35/h15-18,22-23,30,36H,6,8-10H2,1-5H3/t15-,16-,17-,18?,22+,23?,30+/m0/s1. The van der Waals surface area contributed by atoms with Crippen LogP contribution in [0.3, 0.4) is 0 Å². The lowest BCUT2D eigenvalue weighted by Gasteiger charge is -2.62. The predicted molar refractivity (Wildman–Crippen MR) is 155 cm³/mol. The number of benzene rings is 1. The number of piperazine rings is 1. The molecule has 2 unspecified atom stereocenters. The Labute approximate surface area is 262 Å². The summed E-state index contributed by atoms with van der Waals surface area (Å²) in [5.41, 5.74) is 2.52. The van der Waals surface area contributed by atoms with Crippen LogP contribution in [0.5, 0.6) is 17.2 Å². The Hall–Kier alpha value is -3.90. The number of ketones is 2. The maximum Gasteiger partial charge on any atom is 0.335 e. The molecule has 5 aliphatic heterocycles. The van der Waals surface area contributed by atoms with Crippen molar-refractivity contribution < 1.29 is 48.0 Å². The average Bonchev–Trinajstić information content (AvgIpc) is 3.50. The molecule has 7 atom stereocenters. The third kappa shape index (κ3) is 4.04. The molecule has 1 N–H and O–H groups in total. The van der Waals surface area contributed by atoms with Crippen molar-refractivity contribution in [3.8, 4) is 23.3 Å². The molecule has 13 nitrogen and oxygen atoms in total. The Balaban J connectivity index is 1.55. The van der Waals surface area contributed by atoms with Gasteiger partial charge in [0.2, 0.25) is 12.6 Å². The number of carbonyl (C=O) groups excluding carboxylic acids is 4. The van der Waals surface area contributed by atoms with Gasteiger partial charge in [0.25, 0.3) is 0 Å². The number of carbonyl (C=O) groups is 4. The first-order chi connectivity index (χ1) is 21.5. The Bertz CT molecular complexity index is 1690. The van der Waals surface area contributed by atoms with Crippen molar-refractivity contribution in [2.24, 2.45) is 0 Å². The number of nitriles is 1. The highest BCUT2D eigenvalue weighted by Gasteiger charge is 2.62. The minimum absolute atomic E-state index is 0.0261. The summed E-state index contributed by atoms with van der Waals surface area (Å²) in [5, 5.41) is 20.8. The highest BCUT2D eigenvalue weighted by Crippen LogP contribution is 2.62. The highest BCUT2D eigenvalue weighted by atomic mass is 32.2. The van der Waals surface area contributed by atoms with E-state index in [-0.39, 0.29) is 48.4 Å². The van der Waals surface area contributed by atoms with Gasteiger partial charge in [-0.1, -0.05) is 0 Å². The van der Waals surface area contributed by atoms with Crippen LogP contribution >= 0.6 is 11.8 Å². The molecule has 2 fully saturated rings. The summed E-state index contributed by atoms with van der Waals surface area (Å²) >= 11 is 1.22. The zero-order chi connectivity index (χ0) is 32.1. The van der Waals surface area contributed by atoms with Crippen molar-refractivity contribution in [2.75, 3.05) is 33.3 Å². The number of thioether (sulfide) groups is 1. The van der Waals surface area contributed by atoms with Gasteiger partial charge < -0.3 is 28.8 Å². The smallest absolute Gasteiger partial charge is 0.335 e. The normalized spacial score (nSPS) is 32.4. The summed E-state index contributed by atoms with van der Waals surface area (Å²) in [6.07, 6.45) is -1.30. The molecule has 1 aromatic rings. The number of allylic oxidation sites excluding steroid dienone is 2. The highest BCUT2D eigenvalue weighted by molar-refractivity contribution is 7.99. The Morgan fingerprint density at radius 2 is 1.84 bits per heavy atom. The molecule has 0 aromatic heterocycles. The van der Waals surface area contributed by atoms with Crippen molar-refractivity contribution in [3.05, 3.63) is 39.2 Å². The lowest BCUT2D eigenvalue weighted by Crippen LogP contribution is -2.73. The van der Waals surface area contributed by atoms with Crippen LogP contribution in [-0.4, -0.2) is 102 Å². The lowest BCUT2D eigenvalue weighted by molar-refractivity contribution is -0.157. The fourth-order valence-electron chi connectivity index (χ4n) is 7.96. The quantitative estimate of drug-likeness (QED) is 0.281. The third-order valence-corrected chi connectivity index (χ3v) is 11.2. The summed E-state index contributed by atoms with van der Waals surface area (Å²) in [5.74, 6) is -1.17. The number of fused-ring (bicyclic) bond motifs is 8. The zero-order valence-corrected chi connectivity index (χ0v) is 26.1. The van der Waals surface area contributed by atoms with Gasteiger partial charge in [0.05, 0.1) is 30.5 Å². The van der Waals surface area contributed by atoms with Crippen molar-refractivity contribution >= 4 is 35.3 Å². The van der Waals surface area contributed by atoms with E-state index in [1.165, 1.54) is 25.8 Å². The number of Topliss-reactive ketones (excluding diaryl/α,β-unsaturated/α-hetero) is 2. The number of likely N-dealkylation sites (N-methyl/N-ethyl adjacent to an activating group) is 1. The summed E-state index contributed by atoms with van der Waals surface area (Å²) in [4.78, 5) is 57.2. The molecule has 4 bridgehead atoms. The van der Waals surface area contributed by atoms with Gasteiger partial charge in [-0.25, -0.2) is 4.79 Å². The van der Waals surface area contributed by atoms with Crippen LogP contribution < -0.4 is 14.2 Å². The molecule has 14 heteroatoms. The Morgan fingerprint density at radius 3 is 2.53 bits per heavy atom. The monoisotopic (exact) mass is 637 g/mol. The van der Waals surface area contributed by atoms with Crippen molar-refractivity contribution in [1.82, 2.24) is 9.80 Å². The summed E-state index contributed by atoms with van der Waals surface area (Å²) < 4.78 is 28.9. The minimum atomic E-state index is -1.45. The molecule has 0 saturated carbocycles. The van der Waals surface area contributed by atoms with Gasteiger partial charge in [0.1, 0.15) is 18.4 Å². The van der Waals surface area contributed by atoms with Crippen LogP contribution in [0.15, 0.2) is 22.5 Å². The van der Waals surface area contributed by atoms with Gasteiger partial charge in [-0.3, -0.25) is 24.2 Å². The number of cyclic esters (lactones) is 1. The number of methoxy groups -OCH3 is 1. The fourth-order valence-corrected chi connectivity index (χ4v) is 9.37. The molecule has 6 aliphatic rings. The maximum atomic E-state index is 14.1. The molecule has 0 radical (unpaired) electrons. The first-order valence-electron chi connectivity index (χ1n) is 14.6. The second-order valence-electron chi connectivity index (χ2n) is 12.0. The number of aliphatic hydroxyl groups excluding tert-OH is 1. The second kappa shape index (κ2) is 10.6. The van der Waals surface area contributed by atoms with E-state index in [1.807, 2.05) is 16.8 Å². The number of ether oxygens (including phenoxy) is 5. The third-order valence-electron chi connectivity index (χ3n) is 9.79. The van der Waals surface area contributed by atoms with Crippen molar-refractivity contribution in [2.45, 2.75) is 68.8 Å². The van der Waals surface area contributed by atoms with Crippen LogP contribution in [0.1, 0.15) is 48.3 Å². The van der Waals surface area contributed by atoms with Crippen LogP contribution in [0.2, 0.25) is 0 Å². The summed E-state index contributed by atoms with van der Waals surface area (Å²) in [7, 11) is 3.19. The molecule has 5 heterocycles. The van der Waals surface area contributed by atoms with E-state index in [0.29, 0.717) is 39.3 Å². The van der Waals surface area contributed by atoms with Crippen molar-refractivity contribution in [3.63, 3.8) is 0 Å². The molecular formula is C31H31N3O10S. The van der Waals surface area contributed by atoms with Gasteiger partial charge in [-0.15, -0.1) is 11.8 Å². The Morgan fingerprint density at radius 1 is 1.11 bits per heavy atom. The first kappa shape index (κ1) is 29.8.